The first-order valence-electron chi connectivity index (χ1n) is 7.80. The molecule has 0 spiro atoms. The van der Waals surface area contributed by atoms with Gasteiger partial charge in [-0.1, -0.05) is 33.8 Å². The first-order valence-corrected chi connectivity index (χ1v) is 8.62. The Labute approximate surface area is 132 Å². The number of fused-ring (bicyclic) bond motifs is 2. The van der Waals surface area contributed by atoms with Crippen LogP contribution in [0.15, 0.2) is 40.1 Å². The van der Waals surface area contributed by atoms with Crippen molar-refractivity contribution >= 4 is 16.9 Å². The molecule has 0 saturated carbocycles. The SMILES string of the molecule is CCC1(C)C=CC2=C(NC1)SC1=NC(C)(C(C)C)C=CN12. The molecule has 2 unspecified atom stereocenters. The van der Waals surface area contributed by atoms with Gasteiger partial charge < -0.3 is 5.32 Å². The maximum Gasteiger partial charge on any atom is 0.175 e. The quantitative estimate of drug-likeness (QED) is 0.833. The number of aliphatic imine (C=N–C) groups is 1. The summed E-state index contributed by atoms with van der Waals surface area (Å²) in [4.78, 5) is 7.21. The third-order valence-corrected chi connectivity index (χ3v) is 6.09. The van der Waals surface area contributed by atoms with Crippen molar-refractivity contribution in [2.24, 2.45) is 16.3 Å². The number of hydrogen-bond acceptors (Lipinski definition) is 4. The van der Waals surface area contributed by atoms with Crippen molar-refractivity contribution in [1.29, 1.82) is 0 Å². The summed E-state index contributed by atoms with van der Waals surface area (Å²) in [5, 5.41) is 5.95. The molecule has 0 aliphatic carbocycles. The largest absolute Gasteiger partial charge is 0.377 e. The van der Waals surface area contributed by atoms with Gasteiger partial charge in [-0.15, -0.1) is 0 Å². The molecule has 0 aromatic rings. The lowest BCUT2D eigenvalue weighted by Gasteiger charge is -2.32. The van der Waals surface area contributed by atoms with Crippen LogP contribution in [0.1, 0.15) is 41.0 Å². The Morgan fingerprint density at radius 3 is 2.81 bits per heavy atom. The molecule has 0 amide bonds. The Morgan fingerprint density at radius 2 is 2.14 bits per heavy atom. The topological polar surface area (TPSA) is 27.6 Å². The second-order valence-corrected chi connectivity index (χ2v) is 7.95. The number of allylic oxidation sites excluding steroid dienone is 1. The van der Waals surface area contributed by atoms with Crippen molar-refractivity contribution in [3.8, 4) is 0 Å². The van der Waals surface area contributed by atoms with Crippen LogP contribution in [0, 0.1) is 11.3 Å². The van der Waals surface area contributed by atoms with Gasteiger partial charge >= 0.3 is 0 Å². The van der Waals surface area contributed by atoms with Crippen LogP contribution in [0.4, 0.5) is 0 Å². The van der Waals surface area contributed by atoms with Gasteiger partial charge in [-0.2, -0.15) is 0 Å². The predicted molar refractivity (Wildman–Crippen MR) is 91.8 cm³/mol. The summed E-state index contributed by atoms with van der Waals surface area (Å²) < 4.78 is 0. The van der Waals surface area contributed by atoms with Crippen LogP contribution < -0.4 is 5.32 Å². The van der Waals surface area contributed by atoms with E-state index in [2.05, 4.69) is 69.3 Å². The van der Waals surface area contributed by atoms with E-state index in [0.717, 1.165) is 18.1 Å². The van der Waals surface area contributed by atoms with E-state index < -0.39 is 0 Å². The van der Waals surface area contributed by atoms with Gasteiger partial charge in [-0.25, -0.2) is 0 Å². The number of nitrogens with zero attached hydrogens (tertiary/aromatic N) is 2. The fraction of sp³-hybridized carbons (Fsp3) is 0.588. The Hall–Kier alpha value is -1.16. The van der Waals surface area contributed by atoms with Gasteiger partial charge in [-0.05, 0) is 43.2 Å². The van der Waals surface area contributed by atoms with Gasteiger partial charge in [-0.3, -0.25) is 9.89 Å². The Morgan fingerprint density at radius 1 is 1.38 bits per heavy atom. The smallest absolute Gasteiger partial charge is 0.175 e. The summed E-state index contributed by atoms with van der Waals surface area (Å²) in [6, 6.07) is 0. The minimum atomic E-state index is -0.0921. The Balaban J connectivity index is 1.90. The lowest BCUT2D eigenvalue weighted by Crippen LogP contribution is -2.34. The zero-order valence-corrected chi connectivity index (χ0v) is 14.4. The van der Waals surface area contributed by atoms with E-state index in [1.54, 1.807) is 11.8 Å². The molecule has 4 heteroatoms. The summed E-state index contributed by atoms with van der Waals surface area (Å²) in [5.41, 5.74) is 1.37. The second-order valence-electron chi connectivity index (χ2n) is 6.97. The van der Waals surface area contributed by atoms with Gasteiger partial charge in [0.25, 0.3) is 0 Å². The average Bonchev–Trinajstić information content (AvgIpc) is 2.70. The summed E-state index contributed by atoms with van der Waals surface area (Å²) in [6.45, 7) is 12.2. The van der Waals surface area contributed by atoms with Gasteiger partial charge in [0.15, 0.2) is 5.17 Å². The molecule has 0 saturated heterocycles. The second kappa shape index (κ2) is 4.94. The van der Waals surface area contributed by atoms with Crippen LogP contribution in [-0.4, -0.2) is 22.2 Å². The van der Waals surface area contributed by atoms with Gasteiger partial charge in [0.05, 0.1) is 11.2 Å². The minimum Gasteiger partial charge on any atom is -0.377 e. The highest BCUT2D eigenvalue weighted by atomic mass is 32.2. The molecule has 3 aliphatic rings. The Kier molecular flexibility index (Phi) is 3.47. The maximum atomic E-state index is 4.99. The third kappa shape index (κ3) is 2.44. The molecule has 0 radical (unpaired) electrons. The maximum absolute atomic E-state index is 4.99. The van der Waals surface area contributed by atoms with Crippen LogP contribution in [0.5, 0.6) is 0 Å². The summed E-state index contributed by atoms with van der Waals surface area (Å²) in [6.07, 6.45) is 10.2. The molecule has 3 aliphatic heterocycles. The van der Waals surface area contributed by atoms with E-state index in [0.29, 0.717) is 5.92 Å². The molecule has 0 aromatic heterocycles. The number of thioether (sulfide) groups is 1. The molecule has 0 fully saturated rings. The summed E-state index contributed by atoms with van der Waals surface area (Å²) in [7, 11) is 0. The first kappa shape index (κ1) is 14.8. The third-order valence-electron chi connectivity index (χ3n) is 5.06. The van der Waals surface area contributed by atoms with E-state index >= 15 is 0 Å². The molecule has 3 nitrogen and oxygen atoms in total. The number of nitrogens with one attached hydrogen (secondary N) is 1. The van der Waals surface area contributed by atoms with Crippen molar-refractivity contribution in [2.75, 3.05) is 6.54 Å². The molecule has 3 rings (SSSR count). The lowest BCUT2D eigenvalue weighted by molar-refractivity contribution is 0.401. The fourth-order valence-electron chi connectivity index (χ4n) is 2.56. The molecule has 2 atom stereocenters. The highest BCUT2D eigenvalue weighted by Crippen LogP contribution is 2.41. The first-order chi connectivity index (χ1) is 9.87. The average molecular weight is 303 g/mol. The van der Waals surface area contributed by atoms with Crippen LogP contribution >= 0.6 is 11.8 Å². The minimum absolute atomic E-state index is 0.0921. The molecule has 21 heavy (non-hydrogen) atoms. The van der Waals surface area contributed by atoms with Gasteiger partial charge in [0.1, 0.15) is 5.03 Å². The highest BCUT2D eigenvalue weighted by molar-refractivity contribution is 8.17. The molecule has 0 aromatic carbocycles. The van der Waals surface area contributed by atoms with Crippen LogP contribution in [-0.2, 0) is 0 Å². The highest BCUT2D eigenvalue weighted by Gasteiger charge is 2.37. The molecule has 3 heterocycles. The number of hydrogen-bond donors (Lipinski definition) is 1. The van der Waals surface area contributed by atoms with Gasteiger partial charge in [0, 0.05) is 18.2 Å². The zero-order chi connectivity index (χ0) is 15.3. The molecule has 0 bridgehead atoms. The predicted octanol–water partition coefficient (Wildman–Crippen LogP) is 4.08. The Bertz CT molecular complexity index is 573. The fourth-order valence-corrected chi connectivity index (χ4v) is 3.66. The lowest BCUT2D eigenvalue weighted by atomic mass is 9.87. The molecule has 114 valence electrons. The molecular formula is C17H25N3S. The van der Waals surface area contributed by atoms with Crippen LogP contribution in [0.2, 0.25) is 0 Å². The molecular weight excluding hydrogens is 278 g/mol. The summed E-state index contributed by atoms with van der Waals surface area (Å²) in [5.74, 6) is 0.497. The van der Waals surface area contributed by atoms with E-state index in [9.17, 15) is 0 Å². The van der Waals surface area contributed by atoms with Crippen LogP contribution in [0.25, 0.3) is 0 Å². The van der Waals surface area contributed by atoms with Gasteiger partial charge in [0.2, 0.25) is 0 Å². The standard InChI is InChI=1S/C17H25N3S/c1-6-16(4)8-7-13-14(18-11-16)21-15-19-17(5,12(2)3)9-10-20(13)15/h7-10,12,18H,6,11H2,1-5H3. The number of rotatable bonds is 2. The molecule has 1 N–H and O–H groups in total. The van der Waals surface area contributed by atoms with Crippen LogP contribution in [0.3, 0.4) is 0 Å². The van der Waals surface area contributed by atoms with Crippen molar-refractivity contribution in [3.63, 3.8) is 0 Å². The van der Waals surface area contributed by atoms with Crippen molar-refractivity contribution in [2.45, 2.75) is 46.6 Å². The van der Waals surface area contributed by atoms with Crippen molar-refractivity contribution < 1.29 is 0 Å². The van der Waals surface area contributed by atoms with E-state index in [1.807, 2.05) is 0 Å². The summed E-state index contributed by atoms with van der Waals surface area (Å²) >= 11 is 1.76. The monoisotopic (exact) mass is 303 g/mol. The van der Waals surface area contributed by atoms with E-state index in [4.69, 9.17) is 4.99 Å². The van der Waals surface area contributed by atoms with Crippen molar-refractivity contribution in [1.82, 2.24) is 10.2 Å². The van der Waals surface area contributed by atoms with Crippen molar-refractivity contribution in [3.05, 3.63) is 35.2 Å². The zero-order valence-electron chi connectivity index (χ0n) is 13.6. The van der Waals surface area contributed by atoms with E-state index in [1.165, 1.54) is 10.7 Å². The van der Waals surface area contributed by atoms with E-state index in [-0.39, 0.29) is 11.0 Å². The normalized spacial score (nSPS) is 34.6. The number of amidine groups is 1.